The van der Waals surface area contributed by atoms with Gasteiger partial charge in [0.15, 0.2) is 0 Å². The van der Waals surface area contributed by atoms with Crippen LogP contribution < -0.4 is 16.0 Å². The molecule has 1 fully saturated rings. The SMILES string of the molecule is Cc1cc(NC(=O)[C@H](CC2CCCCC2)NC(=O)c2ccc(C(C)Nc3cc(Cl)cnc3C)s2)ccn1. The van der Waals surface area contributed by atoms with Gasteiger partial charge in [-0.25, -0.2) is 0 Å². The molecule has 196 valence electrons. The lowest BCUT2D eigenvalue weighted by Crippen LogP contribution is -2.45. The van der Waals surface area contributed by atoms with Gasteiger partial charge in [0.2, 0.25) is 5.91 Å². The van der Waals surface area contributed by atoms with Gasteiger partial charge in [0, 0.05) is 28.7 Å². The molecule has 0 bridgehead atoms. The number of rotatable bonds is 9. The van der Waals surface area contributed by atoms with Crippen molar-refractivity contribution in [2.45, 2.75) is 71.4 Å². The predicted octanol–water partition coefficient (Wildman–Crippen LogP) is 6.69. The molecule has 1 aliphatic rings. The molecule has 3 N–H and O–H groups in total. The van der Waals surface area contributed by atoms with Crippen molar-refractivity contribution >= 4 is 46.1 Å². The molecular weight excluding hydrogens is 506 g/mol. The van der Waals surface area contributed by atoms with Gasteiger partial charge >= 0.3 is 0 Å². The van der Waals surface area contributed by atoms with Crippen LogP contribution in [0.15, 0.2) is 42.7 Å². The first-order valence-electron chi connectivity index (χ1n) is 12.8. The molecule has 1 aliphatic carbocycles. The highest BCUT2D eigenvalue weighted by Crippen LogP contribution is 2.30. The number of hydrogen-bond acceptors (Lipinski definition) is 6. The van der Waals surface area contributed by atoms with Crippen LogP contribution >= 0.6 is 22.9 Å². The third kappa shape index (κ3) is 7.52. The quantitative estimate of drug-likeness (QED) is 0.281. The molecule has 0 aromatic carbocycles. The average molecular weight is 540 g/mol. The van der Waals surface area contributed by atoms with Crippen LogP contribution in [0.5, 0.6) is 0 Å². The van der Waals surface area contributed by atoms with Gasteiger partial charge in [-0.05, 0) is 63.4 Å². The Morgan fingerprint density at radius 1 is 1.11 bits per heavy atom. The Hall–Kier alpha value is -2.97. The van der Waals surface area contributed by atoms with Crippen LogP contribution in [-0.2, 0) is 4.79 Å². The number of nitrogens with one attached hydrogen (secondary N) is 3. The Kier molecular flexibility index (Phi) is 9.16. The minimum atomic E-state index is -0.606. The van der Waals surface area contributed by atoms with E-state index in [1.165, 1.54) is 30.6 Å². The van der Waals surface area contributed by atoms with Crippen molar-refractivity contribution in [1.29, 1.82) is 0 Å². The third-order valence-corrected chi connectivity index (χ3v) is 8.26. The van der Waals surface area contributed by atoms with E-state index in [2.05, 4.69) is 25.9 Å². The summed E-state index contributed by atoms with van der Waals surface area (Å²) >= 11 is 7.52. The summed E-state index contributed by atoms with van der Waals surface area (Å²) < 4.78 is 0. The lowest BCUT2D eigenvalue weighted by Gasteiger charge is -2.26. The smallest absolute Gasteiger partial charge is 0.262 e. The standard InChI is InChI=1S/C28H34ClN5O2S/c1-17-13-22(11-12-30-17)33-27(35)24(14-20-7-5-4-6-8-20)34-28(36)26-10-9-25(37-26)19(3)32-23-15-21(29)16-31-18(23)2/h9-13,15-16,19-20,24,32H,4-8,14H2,1-3H3,(H,34,36)(H,30,33,35)/t19?,24-/m0/s1. The van der Waals surface area contributed by atoms with Crippen LogP contribution in [0, 0.1) is 19.8 Å². The molecule has 3 heterocycles. The molecule has 1 unspecified atom stereocenters. The van der Waals surface area contributed by atoms with E-state index < -0.39 is 6.04 Å². The van der Waals surface area contributed by atoms with Crippen LogP contribution in [0.2, 0.25) is 5.02 Å². The van der Waals surface area contributed by atoms with Crippen molar-refractivity contribution in [1.82, 2.24) is 15.3 Å². The lowest BCUT2D eigenvalue weighted by molar-refractivity contribution is -0.118. The van der Waals surface area contributed by atoms with Gasteiger partial charge in [-0.3, -0.25) is 19.6 Å². The fourth-order valence-corrected chi connectivity index (χ4v) is 5.81. The number of nitrogens with zero attached hydrogens (tertiary/aromatic N) is 2. The van der Waals surface area contributed by atoms with Crippen LogP contribution in [0.4, 0.5) is 11.4 Å². The molecule has 7 nitrogen and oxygen atoms in total. The van der Waals surface area contributed by atoms with Crippen molar-refractivity contribution in [3.8, 4) is 0 Å². The molecule has 2 atom stereocenters. The molecular formula is C28H34ClN5O2S. The Balaban J connectivity index is 1.44. The molecule has 3 aromatic rings. The average Bonchev–Trinajstić information content (AvgIpc) is 3.37. The fourth-order valence-electron chi connectivity index (χ4n) is 4.74. The van der Waals surface area contributed by atoms with E-state index in [0.29, 0.717) is 27.9 Å². The summed E-state index contributed by atoms with van der Waals surface area (Å²) in [6, 6.07) is 8.56. The topological polar surface area (TPSA) is 96.0 Å². The Morgan fingerprint density at radius 3 is 2.65 bits per heavy atom. The van der Waals surface area contributed by atoms with Gasteiger partial charge in [0.05, 0.1) is 27.3 Å². The summed E-state index contributed by atoms with van der Waals surface area (Å²) in [7, 11) is 0. The Bertz CT molecular complexity index is 1240. The second kappa shape index (κ2) is 12.5. The zero-order valence-corrected chi connectivity index (χ0v) is 23.1. The molecule has 1 saturated carbocycles. The highest BCUT2D eigenvalue weighted by molar-refractivity contribution is 7.14. The normalized spacial score (nSPS) is 15.6. The van der Waals surface area contributed by atoms with Crippen LogP contribution in [0.3, 0.4) is 0 Å². The van der Waals surface area contributed by atoms with Crippen LogP contribution in [0.1, 0.15) is 77.4 Å². The minimum Gasteiger partial charge on any atom is -0.376 e. The molecule has 0 saturated heterocycles. The minimum absolute atomic E-state index is 0.0400. The highest BCUT2D eigenvalue weighted by Gasteiger charge is 2.27. The van der Waals surface area contributed by atoms with Crippen molar-refractivity contribution in [2.75, 3.05) is 10.6 Å². The first kappa shape index (κ1) is 27.1. The monoisotopic (exact) mass is 539 g/mol. The van der Waals surface area contributed by atoms with Gasteiger partial charge < -0.3 is 16.0 Å². The molecule has 2 amide bonds. The number of hydrogen-bond donors (Lipinski definition) is 3. The number of aryl methyl sites for hydroxylation is 2. The summed E-state index contributed by atoms with van der Waals surface area (Å²) in [6.45, 7) is 5.83. The molecule has 4 rings (SSSR count). The van der Waals surface area contributed by atoms with Crippen molar-refractivity contribution in [3.05, 3.63) is 68.9 Å². The summed E-state index contributed by atoms with van der Waals surface area (Å²) in [4.78, 5) is 36.6. The van der Waals surface area contributed by atoms with E-state index in [4.69, 9.17) is 11.6 Å². The number of anilines is 2. The van der Waals surface area contributed by atoms with Crippen molar-refractivity contribution < 1.29 is 9.59 Å². The van der Waals surface area contributed by atoms with Gasteiger partial charge in [-0.2, -0.15) is 0 Å². The highest BCUT2D eigenvalue weighted by atomic mass is 35.5. The van der Waals surface area contributed by atoms with Crippen molar-refractivity contribution in [2.24, 2.45) is 5.92 Å². The first-order valence-corrected chi connectivity index (χ1v) is 14.0. The molecule has 9 heteroatoms. The van der Waals surface area contributed by atoms with E-state index in [9.17, 15) is 9.59 Å². The van der Waals surface area contributed by atoms with E-state index in [0.717, 1.165) is 34.8 Å². The second-order valence-electron chi connectivity index (χ2n) is 9.80. The number of carbonyl (C=O) groups is 2. The maximum atomic E-state index is 13.3. The predicted molar refractivity (Wildman–Crippen MR) is 150 cm³/mol. The summed E-state index contributed by atoms with van der Waals surface area (Å²) in [5.74, 6) is 0.00725. The molecule has 0 spiro atoms. The van der Waals surface area contributed by atoms with E-state index in [1.807, 2.05) is 45.0 Å². The third-order valence-electron chi connectivity index (χ3n) is 6.78. The summed E-state index contributed by atoms with van der Waals surface area (Å²) in [5, 5.41) is 10.00. The number of aromatic nitrogens is 2. The van der Waals surface area contributed by atoms with Gasteiger partial charge in [-0.1, -0.05) is 43.7 Å². The summed E-state index contributed by atoms with van der Waals surface area (Å²) in [6.07, 6.45) is 9.72. The van der Waals surface area contributed by atoms with E-state index in [-0.39, 0.29) is 17.9 Å². The molecule has 37 heavy (non-hydrogen) atoms. The number of halogens is 1. The largest absolute Gasteiger partial charge is 0.376 e. The second-order valence-corrected chi connectivity index (χ2v) is 11.3. The molecule has 0 aliphatic heterocycles. The summed E-state index contributed by atoms with van der Waals surface area (Å²) in [5.41, 5.74) is 3.22. The maximum absolute atomic E-state index is 13.3. The van der Waals surface area contributed by atoms with Crippen molar-refractivity contribution in [3.63, 3.8) is 0 Å². The number of thiophene rings is 1. The van der Waals surface area contributed by atoms with Crippen LogP contribution in [0.25, 0.3) is 0 Å². The van der Waals surface area contributed by atoms with Crippen LogP contribution in [-0.4, -0.2) is 27.8 Å². The zero-order chi connectivity index (χ0) is 26.4. The van der Waals surface area contributed by atoms with Gasteiger partial charge in [0.1, 0.15) is 6.04 Å². The number of pyridine rings is 2. The lowest BCUT2D eigenvalue weighted by atomic mass is 9.84. The number of amides is 2. The van der Waals surface area contributed by atoms with E-state index >= 15 is 0 Å². The Labute approximate surface area is 227 Å². The molecule has 0 radical (unpaired) electrons. The number of carbonyl (C=O) groups excluding carboxylic acids is 2. The van der Waals surface area contributed by atoms with E-state index in [1.54, 1.807) is 18.5 Å². The van der Waals surface area contributed by atoms with Gasteiger partial charge in [-0.15, -0.1) is 11.3 Å². The van der Waals surface area contributed by atoms with Gasteiger partial charge in [0.25, 0.3) is 5.91 Å². The molecule has 3 aromatic heterocycles. The first-order chi connectivity index (χ1) is 17.8. The fraction of sp³-hybridized carbons (Fsp3) is 0.429. The zero-order valence-electron chi connectivity index (χ0n) is 21.5. The maximum Gasteiger partial charge on any atom is 0.262 e. The Morgan fingerprint density at radius 2 is 1.89 bits per heavy atom.